The molecule has 2 rings (SSSR count). The van der Waals surface area contributed by atoms with Crippen LogP contribution in [0.2, 0.25) is 0 Å². The topological polar surface area (TPSA) is 152 Å². The van der Waals surface area contributed by atoms with Crippen LogP contribution in [0.3, 0.4) is 0 Å². The van der Waals surface area contributed by atoms with Crippen LogP contribution in [0.1, 0.15) is 16.1 Å². The number of benzene rings is 1. The van der Waals surface area contributed by atoms with E-state index in [0.29, 0.717) is 10.2 Å². The molecule has 11 heteroatoms. The normalized spacial score (nSPS) is 10.9. The predicted molar refractivity (Wildman–Crippen MR) is 95.6 cm³/mol. The van der Waals surface area contributed by atoms with Crippen molar-refractivity contribution in [3.8, 4) is 0 Å². The Balaban J connectivity index is 2.27. The number of nitrogens with one attached hydrogen (secondary N) is 2. The summed E-state index contributed by atoms with van der Waals surface area (Å²) < 4.78 is 5.40. The van der Waals surface area contributed by atoms with Crippen LogP contribution < -0.4 is 10.6 Å². The van der Waals surface area contributed by atoms with Gasteiger partial charge in [-0.15, -0.1) is 0 Å². The van der Waals surface area contributed by atoms with Gasteiger partial charge in [-0.1, -0.05) is 0 Å². The first kappa shape index (κ1) is 19.8. The number of carboxylic acids is 1. The van der Waals surface area contributed by atoms with Gasteiger partial charge in [0.1, 0.15) is 12.2 Å². The number of amides is 2. The minimum absolute atomic E-state index is 0.0810. The molecule has 10 nitrogen and oxygen atoms in total. The third kappa shape index (κ3) is 5.78. The summed E-state index contributed by atoms with van der Waals surface area (Å²) in [6.45, 7) is -0.654. The van der Waals surface area contributed by atoms with Crippen LogP contribution in [0.15, 0.2) is 51.2 Å². The lowest BCUT2D eigenvalue weighted by Crippen LogP contribution is -2.37. The molecule has 0 aliphatic rings. The fourth-order valence-electron chi connectivity index (χ4n) is 1.89. The second-order valence-corrected chi connectivity index (χ2v) is 5.82. The highest BCUT2D eigenvalue weighted by atomic mass is 79.9. The Kier molecular flexibility index (Phi) is 6.44. The SMILES string of the molecule is O=C(O)CNC(=O)/C(=C/c1ccc([N+](=O)[O-])cc1)NC(=O)c1ccc(Br)o1. The molecule has 0 bridgehead atoms. The molecular formula is C16H12BrN3O7. The summed E-state index contributed by atoms with van der Waals surface area (Å²) in [5, 5.41) is 23.8. The van der Waals surface area contributed by atoms with E-state index < -0.39 is 29.3 Å². The molecule has 1 aromatic carbocycles. The van der Waals surface area contributed by atoms with E-state index >= 15 is 0 Å². The molecule has 0 radical (unpaired) electrons. The molecule has 1 heterocycles. The number of nitrogens with zero attached hydrogens (tertiary/aromatic N) is 1. The number of carbonyl (C=O) groups excluding carboxylic acids is 2. The van der Waals surface area contributed by atoms with Crippen LogP contribution in [0.5, 0.6) is 0 Å². The second-order valence-electron chi connectivity index (χ2n) is 5.04. The van der Waals surface area contributed by atoms with Gasteiger partial charge in [-0.2, -0.15) is 0 Å². The second kappa shape index (κ2) is 8.76. The Hall–Kier alpha value is -3.47. The van der Waals surface area contributed by atoms with Crippen molar-refractivity contribution in [2.24, 2.45) is 0 Å². The van der Waals surface area contributed by atoms with E-state index in [1.54, 1.807) is 0 Å². The fraction of sp³-hybridized carbons (Fsp3) is 0.0625. The Labute approximate surface area is 160 Å². The monoisotopic (exact) mass is 437 g/mol. The molecule has 2 amide bonds. The zero-order valence-electron chi connectivity index (χ0n) is 13.5. The third-order valence-electron chi connectivity index (χ3n) is 3.10. The van der Waals surface area contributed by atoms with Crippen molar-refractivity contribution in [1.82, 2.24) is 10.6 Å². The predicted octanol–water partition coefficient (Wildman–Crippen LogP) is 1.92. The van der Waals surface area contributed by atoms with E-state index in [-0.39, 0.29) is 17.1 Å². The number of carbonyl (C=O) groups is 3. The van der Waals surface area contributed by atoms with Gasteiger partial charge in [0.15, 0.2) is 10.4 Å². The van der Waals surface area contributed by atoms with Crippen molar-refractivity contribution < 1.29 is 28.8 Å². The molecule has 0 saturated carbocycles. The van der Waals surface area contributed by atoms with E-state index in [2.05, 4.69) is 26.6 Å². The van der Waals surface area contributed by atoms with Gasteiger partial charge in [0.25, 0.3) is 17.5 Å². The lowest BCUT2D eigenvalue weighted by atomic mass is 10.1. The standard InChI is InChI=1S/C16H12BrN3O7/c17-13-6-5-12(27-13)16(24)19-11(15(23)18-8-14(21)22)7-9-1-3-10(4-2-9)20(25)26/h1-7H,8H2,(H,18,23)(H,19,24)(H,21,22)/b11-7-. The average Bonchev–Trinajstić information content (AvgIpc) is 3.06. The van der Waals surface area contributed by atoms with Gasteiger partial charge in [-0.25, -0.2) is 0 Å². The molecule has 1 aromatic heterocycles. The van der Waals surface area contributed by atoms with Gasteiger partial charge < -0.3 is 20.2 Å². The number of furan rings is 1. The van der Waals surface area contributed by atoms with Crippen molar-refractivity contribution in [3.63, 3.8) is 0 Å². The molecule has 0 aliphatic heterocycles. The van der Waals surface area contributed by atoms with E-state index in [0.717, 1.165) is 0 Å². The number of hydrogen-bond donors (Lipinski definition) is 3. The maximum absolute atomic E-state index is 12.2. The Morgan fingerprint density at radius 1 is 1.19 bits per heavy atom. The molecule has 0 aliphatic carbocycles. The number of aliphatic carboxylic acids is 1. The molecule has 2 aromatic rings. The zero-order chi connectivity index (χ0) is 20.0. The van der Waals surface area contributed by atoms with Crippen LogP contribution >= 0.6 is 15.9 Å². The molecule has 0 fully saturated rings. The zero-order valence-corrected chi connectivity index (χ0v) is 15.1. The van der Waals surface area contributed by atoms with Gasteiger partial charge >= 0.3 is 5.97 Å². The summed E-state index contributed by atoms with van der Waals surface area (Å²) in [6, 6.07) is 8.06. The van der Waals surface area contributed by atoms with Gasteiger partial charge in [-0.3, -0.25) is 24.5 Å². The fourth-order valence-corrected chi connectivity index (χ4v) is 2.20. The highest BCUT2D eigenvalue weighted by Gasteiger charge is 2.18. The summed E-state index contributed by atoms with van der Waals surface area (Å²) in [5.74, 6) is -2.93. The summed E-state index contributed by atoms with van der Waals surface area (Å²) in [6.07, 6.45) is 1.25. The molecule has 3 N–H and O–H groups in total. The number of halogens is 1. The largest absolute Gasteiger partial charge is 0.480 e. The lowest BCUT2D eigenvalue weighted by molar-refractivity contribution is -0.384. The number of nitro groups is 1. The highest BCUT2D eigenvalue weighted by molar-refractivity contribution is 9.10. The smallest absolute Gasteiger partial charge is 0.322 e. The van der Waals surface area contributed by atoms with Crippen molar-refractivity contribution in [3.05, 3.63) is 68.2 Å². The molecule has 0 spiro atoms. The average molecular weight is 438 g/mol. The summed E-state index contributed by atoms with van der Waals surface area (Å²) >= 11 is 3.05. The van der Waals surface area contributed by atoms with Crippen molar-refractivity contribution in [1.29, 1.82) is 0 Å². The van der Waals surface area contributed by atoms with Crippen LogP contribution in [-0.4, -0.2) is 34.4 Å². The van der Waals surface area contributed by atoms with Crippen molar-refractivity contribution >= 4 is 45.5 Å². The summed E-state index contributed by atoms with van der Waals surface area (Å²) in [5.41, 5.74) is -0.0295. The maximum atomic E-state index is 12.2. The molecular weight excluding hydrogens is 426 g/mol. The molecule has 0 unspecified atom stereocenters. The van der Waals surface area contributed by atoms with Gasteiger partial charge in [0.05, 0.1) is 4.92 Å². The van der Waals surface area contributed by atoms with Crippen LogP contribution in [0.4, 0.5) is 5.69 Å². The number of carboxylic acid groups (broad SMARTS) is 1. The number of nitro benzene ring substituents is 1. The highest BCUT2D eigenvalue weighted by Crippen LogP contribution is 2.16. The minimum Gasteiger partial charge on any atom is -0.480 e. The van der Waals surface area contributed by atoms with E-state index in [9.17, 15) is 24.5 Å². The minimum atomic E-state index is -1.26. The third-order valence-corrected chi connectivity index (χ3v) is 3.53. The van der Waals surface area contributed by atoms with Crippen LogP contribution in [0.25, 0.3) is 6.08 Å². The quantitative estimate of drug-likeness (QED) is 0.339. The van der Waals surface area contributed by atoms with Crippen LogP contribution in [-0.2, 0) is 9.59 Å². The van der Waals surface area contributed by atoms with Gasteiger partial charge in [0.2, 0.25) is 0 Å². The Morgan fingerprint density at radius 3 is 2.37 bits per heavy atom. The van der Waals surface area contributed by atoms with Crippen molar-refractivity contribution in [2.75, 3.05) is 6.54 Å². The maximum Gasteiger partial charge on any atom is 0.322 e. The van der Waals surface area contributed by atoms with Gasteiger partial charge in [-0.05, 0) is 51.8 Å². The number of hydrogen-bond acceptors (Lipinski definition) is 6. The first-order valence-electron chi connectivity index (χ1n) is 7.29. The molecule has 27 heavy (non-hydrogen) atoms. The molecule has 0 atom stereocenters. The van der Waals surface area contributed by atoms with Gasteiger partial charge in [0, 0.05) is 12.1 Å². The summed E-state index contributed by atoms with van der Waals surface area (Å²) in [7, 11) is 0. The van der Waals surface area contributed by atoms with E-state index in [1.807, 2.05) is 0 Å². The number of rotatable bonds is 7. The number of non-ortho nitro benzene ring substituents is 1. The Bertz CT molecular complexity index is 918. The van der Waals surface area contributed by atoms with E-state index in [4.69, 9.17) is 9.52 Å². The first-order chi connectivity index (χ1) is 12.8. The van der Waals surface area contributed by atoms with Crippen molar-refractivity contribution in [2.45, 2.75) is 0 Å². The molecule has 140 valence electrons. The lowest BCUT2D eigenvalue weighted by Gasteiger charge is -2.09. The Morgan fingerprint density at radius 2 is 1.85 bits per heavy atom. The first-order valence-corrected chi connectivity index (χ1v) is 8.08. The van der Waals surface area contributed by atoms with E-state index in [1.165, 1.54) is 42.5 Å². The van der Waals surface area contributed by atoms with Crippen LogP contribution in [0, 0.1) is 10.1 Å². The summed E-state index contributed by atoms with van der Waals surface area (Å²) in [4.78, 5) is 45.1. The molecule has 0 saturated heterocycles.